The molecule has 1 aliphatic heterocycles. The molecular formula is C19H18F3N3O4. The molecule has 154 valence electrons. The van der Waals surface area contributed by atoms with E-state index in [2.05, 4.69) is 5.32 Å². The standard InChI is InChI=1S/C19H18F3N3O4/c1-12-2-4-14(11-17(12)25(27)28)23-18(26)13-3-5-16(15(10-13)19(20,21)22)24-6-8-29-9-7-24/h2-5,10-11H,6-9H2,1H3,(H,23,26). The molecule has 1 saturated heterocycles. The van der Waals surface area contributed by atoms with Crippen LogP contribution in [0.3, 0.4) is 0 Å². The van der Waals surface area contributed by atoms with Crippen molar-refractivity contribution in [2.45, 2.75) is 13.1 Å². The first kappa shape index (κ1) is 20.6. The van der Waals surface area contributed by atoms with Gasteiger partial charge in [-0.05, 0) is 31.2 Å². The van der Waals surface area contributed by atoms with Gasteiger partial charge in [0.15, 0.2) is 0 Å². The number of ether oxygens (including phenoxy) is 1. The molecule has 0 saturated carbocycles. The van der Waals surface area contributed by atoms with E-state index in [0.29, 0.717) is 31.9 Å². The zero-order valence-corrected chi connectivity index (χ0v) is 15.5. The maximum Gasteiger partial charge on any atom is 0.418 e. The van der Waals surface area contributed by atoms with Crippen LogP contribution in [-0.4, -0.2) is 37.1 Å². The van der Waals surface area contributed by atoms with Crippen molar-refractivity contribution in [2.24, 2.45) is 0 Å². The number of nitro benzene ring substituents is 1. The molecule has 29 heavy (non-hydrogen) atoms. The van der Waals surface area contributed by atoms with E-state index in [1.54, 1.807) is 11.8 Å². The van der Waals surface area contributed by atoms with Gasteiger partial charge in [-0.3, -0.25) is 14.9 Å². The minimum absolute atomic E-state index is 0.0108. The number of aryl methyl sites for hydroxylation is 1. The van der Waals surface area contributed by atoms with Gasteiger partial charge in [0.1, 0.15) is 0 Å². The number of anilines is 2. The molecule has 0 aromatic heterocycles. The molecule has 1 aliphatic rings. The Morgan fingerprint density at radius 2 is 1.86 bits per heavy atom. The highest BCUT2D eigenvalue weighted by atomic mass is 19.4. The Morgan fingerprint density at radius 3 is 2.48 bits per heavy atom. The number of hydrogen-bond acceptors (Lipinski definition) is 5. The van der Waals surface area contributed by atoms with E-state index in [1.807, 2.05) is 0 Å². The van der Waals surface area contributed by atoms with Crippen LogP contribution in [0.1, 0.15) is 21.5 Å². The van der Waals surface area contributed by atoms with E-state index in [-0.39, 0.29) is 22.6 Å². The number of alkyl halides is 3. The van der Waals surface area contributed by atoms with Crippen molar-refractivity contribution in [3.05, 3.63) is 63.2 Å². The lowest BCUT2D eigenvalue weighted by Gasteiger charge is -2.31. The lowest BCUT2D eigenvalue weighted by atomic mass is 10.1. The normalized spacial score (nSPS) is 14.6. The molecule has 0 aliphatic carbocycles. The van der Waals surface area contributed by atoms with Crippen LogP contribution in [0.4, 0.5) is 30.2 Å². The molecule has 1 N–H and O–H groups in total. The van der Waals surface area contributed by atoms with Crippen LogP contribution in [0.2, 0.25) is 0 Å². The second kappa shape index (κ2) is 8.08. The van der Waals surface area contributed by atoms with Crippen LogP contribution in [0.5, 0.6) is 0 Å². The van der Waals surface area contributed by atoms with E-state index in [4.69, 9.17) is 4.74 Å². The summed E-state index contributed by atoms with van der Waals surface area (Å²) in [6.45, 7) is 2.84. The Labute approximate surface area is 164 Å². The Hall–Kier alpha value is -3.14. The van der Waals surface area contributed by atoms with Crippen LogP contribution in [-0.2, 0) is 10.9 Å². The molecule has 0 radical (unpaired) electrons. The van der Waals surface area contributed by atoms with Crippen LogP contribution < -0.4 is 10.2 Å². The molecule has 0 spiro atoms. The topological polar surface area (TPSA) is 84.7 Å². The summed E-state index contributed by atoms with van der Waals surface area (Å²) < 4.78 is 46.0. The first-order valence-corrected chi connectivity index (χ1v) is 8.77. The minimum Gasteiger partial charge on any atom is -0.378 e. The number of amides is 1. The molecule has 1 amide bonds. The quantitative estimate of drug-likeness (QED) is 0.609. The van der Waals surface area contributed by atoms with Crippen LogP contribution in [0.15, 0.2) is 36.4 Å². The second-order valence-corrected chi connectivity index (χ2v) is 6.54. The van der Waals surface area contributed by atoms with E-state index < -0.39 is 22.6 Å². The zero-order chi connectivity index (χ0) is 21.2. The third kappa shape index (κ3) is 4.65. The fourth-order valence-electron chi connectivity index (χ4n) is 3.07. The van der Waals surface area contributed by atoms with Gasteiger partial charge in [0.2, 0.25) is 0 Å². The number of nitro groups is 1. The van der Waals surface area contributed by atoms with Gasteiger partial charge in [-0.25, -0.2) is 0 Å². The molecule has 0 unspecified atom stereocenters. The number of carbonyl (C=O) groups excluding carboxylic acids is 1. The van der Waals surface area contributed by atoms with Crippen molar-refractivity contribution >= 4 is 23.0 Å². The van der Waals surface area contributed by atoms with Crippen molar-refractivity contribution in [3.63, 3.8) is 0 Å². The predicted molar refractivity (Wildman–Crippen MR) is 100 cm³/mol. The highest BCUT2D eigenvalue weighted by Gasteiger charge is 2.36. The number of benzene rings is 2. The molecule has 7 nitrogen and oxygen atoms in total. The highest BCUT2D eigenvalue weighted by molar-refractivity contribution is 6.04. The first-order chi connectivity index (χ1) is 13.7. The highest BCUT2D eigenvalue weighted by Crippen LogP contribution is 2.37. The van der Waals surface area contributed by atoms with Crippen LogP contribution in [0.25, 0.3) is 0 Å². The molecular weight excluding hydrogens is 391 g/mol. The monoisotopic (exact) mass is 409 g/mol. The summed E-state index contributed by atoms with van der Waals surface area (Å²) in [5.74, 6) is -0.790. The van der Waals surface area contributed by atoms with E-state index in [0.717, 1.165) is 6.07 Å². The van der Waals surface area contributed by atoms with Crippen LogP contribution in [0, 0.1) is 17.0 Å². The molecule has 0 bridgehead atoms. The number of morpholine rings is 1. The third-order valence-electron chi connectivity index (χ3n) is 4.58. The third-order valence-corrected chi connectivity index (χ3v) is 4.58. The van der Waals surface area contributed by atoms with Crippen molar-refractivity contribution in [1.29, 1.82) is 0 Å². The molecule has 2 aromatic carbocycles. The maximum atomic E-state index is 13.6. The van der Waals surface area contributed by atoms with E-state index in [1.165, 1.54) is 30.3 Å². The lowest BCUT2D eigenvalue weighted by molar-refractivity contribution is -0.385. The van der Waals surface area contributed by atoms with Crippen molar-refractivity contribution < 1.29 is 27.6 Å². The molecule has 10 heteroatoms. The fourth-order valence-corrected chi connectivity index (χ4v) is 3.07. The Bertz CT molecular complexity index is 941. The Morgan fingerprint density at radius 1 is 1.17 bits per heavy atom. The number of hydrogen-bond donors (Lipinski definition) is 1. The number of carbonyl (C=O) groups is 1. The largest absolute Gasteiger partial charge is 0.418 e. The number of rotatable bonds is 4. The fraction of sp³-hybridized carbons (Fsp3) is 0.316. The smallest absolute Gasteiger partial charge is 0.378 e. The van der Waals surface area contributed by atoms with Crippen molar-refractivity contribution in [2.75, 3.05) is 36.5 Å². The van der Waals surface area contributed by atoms with E-state index >= 15 is 0 Å². The molecule has 2 aromatic rings. The average Bonchev–Trinajstić information content (AvgIpc) is 2.68. The summed E-state index contributed by atoms with van der Waals surface area (Å²) in [4.78, 5) is 24.5. The molecule has 0 atom stereocenters. The lowest BCUT2D eigenvalue weighted by Crippen LogP contribution is -2.37. The summed E-state index contributed by atoms with van der Waals surface area (Å²) >= 11 is 0. The maximum absolute atomic E-state index is 13.6. The van der Waals surface area contributed by atoms with Gasteiger partial charge < -0.3 is 15.0 Å². The second-order valence-electron chi connectivity index (χ2n) is 6.54. The first-order valence-electron chi connectivity index (χ1n) is 8.77. The Kier molecular flexibility index (Phi) is 5.73. The molecule has 3 rings (SSSR count). The SMILES string of the molecule is Cc1ccc(NC(=O)c2ccc(N3CCOCC3)c(C(F)(F)F)c2)cc1[N+](=O)[O-]. The molecule has 1 heterocycles. The van der Waals surface area contributed by atoms with Gasteiger partial charge in [0.05, 0.1) is 23.7 Å². The van der Waals surface area contributed by atoms with Gasteiger partial charge in [0.25, 0.3) is 11.6 Å². The van der Waals surface area contributed by atoms with Gasteiger partial charge in [-0.15, -0.1) is 0 Å². The minimum atomic E-state index is -4.65. The average molecular weight is 409 g/mol. The van der Waals surface area contributed by atoms with Crippen LogP contribution >= 0.6 is 0 Å². The van der Waals surface area contributed by atoms with Crippen molar-refractivity contribution in [3.8, 4) is 0 Å². The summed E-state index contributed by atoms with van der Waals surface area (Å²) in [6.07, 6.45) is -4.65. The van der Waals surface area contributed by atoms with Gasteiger partial charge in [-0.2, -0.15) is 13.2 Å². The summed E-state index contributed by atoms with van der Waals surface area (Å²) in [5.41, 5.74) is -0.787. The summed E-state index contributed by atoms with van der Waals surface area (Å²) in [6, 6.07) is 7.44. The summed E-state index contributed by atoms with van der Waals surface area (Å²) in [5, 5.41) is 13.4. The van der Waals surface area contributed by atoms with E-state index in [9.17, 15) is 28.1 Å². The van der Waals surface area contributed by atoms with Gasteiger partial charge in [0, 0.05) is 41.7 Å². The van der Waals surface area contributed by atoms with Gasteiger partial charge >= 0.3 is 6.18 Å². The number of nitrogens with one attached hydrogen (secondary N) is 1. The van der Waals surface area contributed by atoms with Gasteiger partial charge in [-0.1, -0.05) is 6.07 Å². The zero-order valence-electron chi connectivity index (χ0n) is 15.5. The Balaban J connectivity index is 1.89. The number of halogens is 3. The van der Waals surface area contributed by atoms with Crippen molar-refractivity contribution in [1.82, 2.24) is 0 Å². The predicted octanol–water partition coefficient (Wildman–Crippen LogP) is 4.01. The molecule has 1 fully saturated rings. The summed E-state index contributed by atoms with van der Waals surface area (Å²) in [7, 11) is 0. The number of nitrogens with zero attached hydrogens (tertiary/aromatic N) is 2.